The first-order chi connectivity index (χ1) is 51.0. The van der Waals surface area contributed by atoms with Crippen LogP contribution in [0.4, 0.5) is 20.2 Å². The largest absolute Gasteiger partial charge is 1.00 e. The first-order valence-corrected chi connectivity index (χ1v) is 37.6. The normalized spacial score (nSPS) is 12.6. The number of aromatic nitrogens is 12. The third-order valence-electron chi connectivity index (χ3n) is 14.7. The minimum absolute atomic E-state index is 0. The van der Waals surface area contributed by atoms with Crippen molar-refractivity contribution >= 4 is 222 Å². The van der Waals surface area contributed by atoms with Crippen LogP contribution in [0.25, 0.3) is 61.3 Å². The van der Waals surface area contributed by atoms with Crippen molar-refractivity contribution in [3.8, 4) is 17.4 Å². The summed E-state index contributed by atoms with van der Waals surface area (Å²) in [5.41, 5.74) is -0.812. The monoisotopic (exact) mass is 1660 g/mol. The zero-order valence-electron chi connectivity index (χ0n) is 54.8. The number of carbonyl (C=O) groups is 4. The SMILES string of the molecule is C1CCNC1.Clc1ncnc2sccc12.O=C(Cl)c1cc2c(Cl)ncnc2s1.O=C([O-])c1cc2c(Cl)ncnc2s1.O=C(c1cc2c(Cl)ncnc2s1)N1CCCC1.O=C(c1cc2c(Oc3ccc([N+](=O)[O-])cc3F)ncnc2s1)N1CCCC1.O=[N+]([O-])c1ccc(O)c(F)c1.O=c1[nH]cnc2sccc12.[Li+]. The number of thiophene rings is 6. The number of H-pyrrole nitrogens is 1. The van der Waals surface area contributed by atoms with Gasteiger partial charge in [0.15, 0.2) is 23.1 Å². The van der Waals surface area contributed by atoms with Crippen LogP contribution < -0.4 is 39.6 Å². The number of halogens is 7. The number of hydrogen-bond acceptors (Lipinski definition) is 30. The van der Waals surface area contributed by atoms with Crippen molar-refractivity contribution in [2.75, 3.05) is 39.3 Å². The number of amides is 2. The van der Waals surface area contributed by atoms with Gasteiger partial charge in [-0.05, 0) is 123 Å². The summed E-state index contributed by atoms with van der Waals surface area (Å²) in [4.78, 5) is 132. The number of benzene rings is 2. The number of carboxylic acid groups (broad SMARTS) is 1. The number of aromatic hydroxyl groups is 1. The molecule has 43 heteroatoms. The maximum absolute atomic E-state index is 14.1. The number of phenols is 1. The predicted octanol–water partition coefficient (Wildman–Crippen LogP) is 11.9. The van der Waals surface area contributed by atoms with Gasteiger partial charge in [0.05, 0.1) is 64.6 Å². The number of rotatable bonds is 8. The number of nitrogens with one attached hydrogen (secondary N) is 2. The van der Waals surface area contributed by atoms with Gasteiger partial charge in [-0.25, -0.2) is 63.6 Å². The number of non-ortho nitro benzene ring substituents is 2. The summed E-state index contributed by atoms with van der Waals surface area (Å²) >= 11 is 36.4. The third-order valence-corrected chi connectivity index (χ3v) is 21.9. The Morgan fingerprint density at radius 1 is 0.505 bits per heavy atom. The Hall–Kier alpha value is -9.17. The second-order valence-electron chi connectivity index (χ2n) is 21.5. The van der Waals surface area contributed by atoms with Crippen molar-refractivity contribution in [2.24, 2.45) is 0 Å². The van der Waals surface area contributed by atoms with E-state index >= 15 is 0 Å². The zero-order valence-corrected chi connectivity index (χ0v) is 63.5. The van der Waals surface area contributed by atoms with Crippen LogP contribution in [-0.2, 0) is 0 Å². The molecule has 0 radical (unpaired) electrons. The van der Waals surface area contributed by atoms with E-state index in [4.69, 9.17) is 67.8 Å². The number of carbonyl (C=O) groups excluding carboxylic acids is 4. The number of carboxylic acids is 1. The second kappa shape index (κ2) is 39.1. The van der Waals surface area contributed by atoms with Crippen molar-refractivity contribution < 1.29 is 71.6 Å². The molecule has 3 saturated heterocycles. The molecule has 2 aromatic carbocycles. The van der Waals surface area contributed by atoms with Crippen molar-refractivity contribution in [1.82, 2.24) is 74.9 Å². The number of hydrogen-bond donors (Lipinski definition) is 3. The van der Waals surface area contributed by atoms with Crippen LogP contribution >= 0.6 is 126 Å². The van der Waals surface area contributed by atoms with Crippen molar-refractivity contribution in [3.63, 3.8) is 0 Å². The Bertz CT molecular complexity index is 5490. The molecule has 3 aliphatic rings. The fraction of sp³-hybridized carbons (Fsp3) is 0.188. The van der Waals surface area contributed by atoms with Gasteiger partial charge in [-0.15, -0.1) is 68.0 Å². The quantitative estimate of drug-likeness (QED) is 0.0418. The van der Waals surface area contributed by atoms with Gasteiger partial charge in [-0.2, -0.15) is 0 Å². The Morgan fingerprint density at radius 2 is 0.916 bits per heavy atom. The smallest absolute Gasteiger partial charge is 0.544 e. The standard InChI is InChI=1S/C17H13FN4O4S.C11H10ClN3OS.C7H2Cl2N2OS.C7H3ClN2O2S.C6H3ClN2S.C6H4FNO3.C6H4N2OS.C4H9N.Li/c18-12-7-10(22(24)25)3-4-13(12)26-15-11-8-14(27-16(11)20-9-19-15)17(23)21-5-1-2-6-21;12-9-7-5-8(17-10(7)14-6-13-9)11(16)15-3-1-2-4-15;8-5-3-1-4(6(9)12)13-7(3)11-2-10-5;8-5-3-1-4(7(11)12)13-6(3)10-2-9-5;7-5-4-1-2-10-6(4)9-3-8-5;7-5-3-4(8(10)11)1-2-6(5)9;9-5-4-1-2-10-6(4)8-3-7-5;1-2-4-5-3-1;/h3-4,7-9H,1-2,5-6H2;5-6H,1-4H2;1-2H;1-2H,(H,11,12);1-3H;1-3,9H;1-3H,(H,7,8,9);5H,1-4H2;/q;;;;;;;;+1/p-1. The summed E-state index contributed by atoms with van der Waals surface area (Å²) in [6.45, 7) is 5.67. The van der Waals surface area contributed by atoms with E-state index in [-0.39, 0.29) is 69.3 Å². The van der Waals surface area contributed by atoms with E-state index < -0.39 is 38.4 Å². The first kappa shape index (κ1) is 81.9. The van der Waals surface area contributed by atoms with Gasteiger partial charge in [0, 0.05) is 59.9 Å². The van der Waals surface area contributed by atoms with E-state index in [1.54, 1.807) is 40.5 Å². The topological polar surface area (TPSA) is 400 Å². The molecule has 0 atom stereocenters. The molecule has 29 nitrogen and oxygen atoms in total. The van der Waals surface area contributed by atoms with E-state index in [1.807, 2.05) is 21.7 Å². The number of phenolic OH excluding ortho intramolecular Hbond substituents is 1. The van der Waals surface area contributed by atoms with Gasteiger partial charge >= 0.3 is 18.9 Å². The fourth-order valence-corrected chi connectivity index (χ4v) is 15.8. The van der Waals surface area contributed by atoms with Gasteiger partial charge in [-0.3, -0.25) is 39.4 Å². The first-order valence-electron chi connectivity index (χ1n) is 30.7. The minimum Gasteiger partial charge on any atom is -0.544 e. The summed E-state index contributed by atoms with van der Waals surface area (Å²) in [6.07, 6.45) is 15.2. The van der Waals surface area contributed by atoms with Crippen LogP contribution in [0.2, 0.25) is 20.6 Å². The van der Waals surface area contributed by atoms with Gasteiger partial charge in [0.2, 0.25) is 5.88 Å². The Balaban J connectivity index is 0.000000147. The van der Waals surface area contributed by atoms with E-state index in [9.17, 15) is 58.1 Å². The van der Waals surface area contributed by atoms with E-state index in [2.05, 4.69) is 65.1 Å². The molecule has 2 amide bonds. The summed E-state index contributed by atoms with van der Waals surface area (Å²) in [5, 5.41) is 52.0. The Labute approximate surface area is 661 Å². The molecular weight excluding hydrogens is 1610 g/mol. The van der Waals surface area contributed by atoms with Crippen molar-refractivity contribution in [3.05, 3.63) is 204 Å². The molecule has 0 bridgehead atoms. The molecule has 0 aliphatic carbocycles. The average Bonchev–Trinajstić information content (AvgIpc) is 1.71. The summed E-state index contributed by atoms with van der Waals surface area (Å²) in [7, 11) is 0. The second-order valence-corrected chi connectivity index (χ2v) is 29.2. The molecule has 17 rings (SSSR count). The summed E-state index contributed by atoms with van der Waals surface area (Å²) < 4.78 is 32.0. The van der Waals surface area contributed by atoms with Crippen LogP contribution in [0, 0.1) is 31.9 Å². The number of nitro groups is 2. The van der Waals surface area contributed by atoms with E-state index in [1.165, 1.54) is 121 Å². The molecule has 546 valence electrons. The Kier molecular flexibility index (Phi) is 29.9. The van der Waals surface area contributed by atoms with Crippen molar-refractivity contribution in [2.45, 2.75) is 38.5 Å². The molecular formula is C64H47Cl5F2LiN17O12S6. The number of likely N-dealkylation sites (tertiary alicyclic amines) is 2. The molecule has 3 N–H and O–H groups in total. The molecule has 3 fully saturated rings. The van der Waals surface area contributed by atoms with Crippen LogP contribution in [0.15, 0.2) is 126 Å². The number of fused-ring (bicyclic) bond motifs is 6. The van der Waals surface area contributed by atoms with Crippen molar-refractivity contribution in [1.29, 1.82) is 0 Å². The summed E-state index contributed by atoms with van der Waals surface area (Å²) in [5.74, 6) is -3.76. The maximum atomic E-state index is 14.1. The number of nitrogens with zero attached hydrogens (tertiary/aromatic N) is 15. The predicted molar refractivity (Wildman–Crippen MR) is 402 cm³/mol. The van der Waals surface area contributed by atoms with Crippen LogP contribution in [-0.4, -0.2) is 147 Å². The number of ether oxygens (including phenoxy) is 1. The molecule has 107 heavy (non-hydrogen) atoms. The van der Waals surface area contributed by atoms with Gasteiger partial charge < -0.3 is 39.8 Å². The summed E-state index contributed by atoms with van der Waals surface area (Å²) in [6, 6.07) is 15.9. The van der Waals surface area contributed by atoms with Crippen LogP contribution in [0.3, 0.4) is 0 Å². The average molecular weight is 1660 g/mol. The molecule has 0 saturated carbocycles. The van der Waals surface area contributed by atoms with Gasteiger partial charge in [0.25, 0.3) is 34.0 Å². The maximum Gasteiger partial charge on any atom is 1.00 e. The van der Waals surface area contributed by atoms with E-state index in [0.717, 1.165) is 113 Å². The number of aromatic carboxylic acids is 1. The number of nitro benzene ring substituents is 2. The minimum atomic E-state index is -1.22. The Morgan fingerprint density at radius 3 is 1.36 bits per heavy atom. The number of aromatic amines is 1. The third kappa shape index (κ3) is 21.8. The fourth-order valence-electron chi connectivity index (χ4n) is 9.54. The molecule has 14 aromatic rings. The molecule has 0 spiro atoms. The van der Waals surface area contributed by atoms with Crippen LogP contribution in [0.5, 0.6) is 17.4 Å². The molecule has 15 heterocycles. The molecule has 0 unspecified atom stereocenters. The molecule has 12 aromatic heterocycles. The van der Waals surface area contributed by atoms with Crippen LogP contribution in [0.1, 0.15) is 77.2 Å². The van der Waals surface area contributed by atoms with E-state index in [0.29, 0.717) is 72.2 Å². The van der Waals surface area contributed by atoms with Gasteiger partial charge in [-0.1, -0.05) is 46.4 Å². The zero-order chi connectivity index (χ0) is 75.6. The van der Waals surface area contributed by atoms with Gasteiger partial charge in [0.1, 0.15) is 81.2 Å². The molecule has 3 aliphatic heterocycles.